The van der Waals surface area contributed by atoms with Crippen molar-refractivity contribution in [3.8, 4) is 5.75 Å². The molecule has 0 bridgehead atoms. The maximum Gasteiger partial charge on any atom is 0.119 e. The van der Waals surface area contributed by atoms with E-state index in [-0.39, 0.29) is 17.4 Å². The first kappa shape index (κ1) is 19.3. The fourth-order valence-electron chi connectivity index (χ4n) is 4.15. The van der Waals surface area contributed by atoms with Crippen LogP contribution in [0.1, 0.15) is 96.1 Å². The summed E-state index contributed by atoms with van der Waals surface area (Å²) in [6.45, 7) is 9.04. The Labute approximate surface area is 148 Å². The number of unbranched alkanes of at least 4 members (excludes halogenated alkanes) is 3. The van der Waals surface area contributed by atoms with Crippen LogP contribution in [0.5, 0.6) is 5.75 Å². The van der Waals surface area contributed by atoms with Crippen molar-refractivity contribution in [2.45, 2.75) is 96.5 Å². The molecule has 2 heteroatoms. The minimum atomic E-state index is -0.222. The quantitative estimate of drug-likeness (QED) is 0.610. The van der Waals surface area contributed by atoms with Crippen LogP contribution in [0.3, 0.4) is 0 Å². The molecule has 1 aliphatic carbocycles. The molecule has 0 heterocycles. The molecule has 2 N–H and O–H groups in total. The van der Waals surface area contributed by atoms with Crippen LogP contribution >= 0.6 is 0 Å². The topological polar surface area (TPSA) is 40.5 Å². The Morgan fingerprint density at radius 2 is 1.88 bits per heavy atom. The van der Waals surface area contributed by atoms with Crippen LogP contribution in [-0.2, 0) is 5.41 Å². The second kappa shape index (κ2) is 8.38. The van der Waals surface area contributed by atoms with Gasteiger partial charge in [-0.3, -0.25) is 0 Å². The summed E-state index contributed by atoms with van der Waals surface area (Å²) in [6, 6.07) is 6.28. The van der Waals surface area contributed by atoms with Gasteiger partial charge in [-0.25, -0.2) is 0 Å². The second-order valence-corrected chi connectivity index (χ2v) is 8.52. The first-order chi connectivity index (χ1) is 11.3. The highest BCUT2D eigenvalue weighted by Gasteiger charge is 2.30. The molecule has 2 nitrogen and oxygen atoms in total. The normalized spacial score (nSPS) is 25.0. The van der Waals surface area contributed by atoms with Gasteiger partial charge >= 0.3 is 0 Å². The molecule has 136 valence electrons. The van der Waals surface area contributed by atoms with Gasteiger partial charge in [0.2, 0.25) is 0 Å². The van der Waals surface area contributed by atoms with Gasteiger partial charge in [-0.05, 0) is 60.1 Å². The predicted molar refractivity (Wildman–Crippen MR) is 102 cm³/mol. The highest BCUT2D eigenvalue weighted by atomic mass is 16.3. The molecule has 24 heavy (non-hydrogen) atoms. The Morgan fingerprint density at radius 3 is 2.54 bits per heavy atom. The van der Waals surface area contributed by atoms with E-state index in [2.05, 4.69) is 39.8 Å². The molecular formula is C22H36O2. The van der Waals surface area contributed by atoms with Crippen LogP contribution in [0, 0.1) is 5.92 Å². The summed E-state index contributed by atoms with van der Waals surface area (Å²) in [5, 5.41) is 20.6. The van der Waals surface area contributed by atoms with Crippen molar-refractivity contribution in [2.24, 2.45) is 5.92 Å². The summed E-state index contributed by atoms with van der Waals surface area (Å²) < 4.78 is 0. The molecule has 1 aliphatic rings. The van der Waals surface area contributed by atoms with E-state index in [4.69, 9.17) is 0 Å². The number of aliphatic hydroxyl groups excluding tert-OH is 1. The number of aromatic hydroxyl groups is 1. The Bertz CT molecular complexity index is 521. The predicted octanol–water partition coefficient (Wildman–Crippen LogP) is 5.90. The van der Waals surface area contributed by atoms with E-state index in [1.165, 1.54) is 31.2 Å². The number of benzene rings is 1. The third-order valence-electron chi connectivity index (χ3n) is 6.03. The molecule has 0 unspecified atom stereocenters. The lowest BCUT2D eigenvalue weighted by Crippen LogP contribution is -2.25. The van der Waals surface area contributed by atoms with Crippen molar-refractivity contribution < 1.29 is 10.2 Å². The molecule has 0 spiro atoms. The summed E-state index contributed by atoms with van der Waals surface area (Å²) in [6.07, 6.45) is 8.75. The number of hydrogen-bond donors (Lipinski definition) is 2. The summed E-state index contributed by atoms with van der Waals surface area (Å²) in [7, 11) is 0. The maximum absolute atomic E-state index is 10.6. The summed E-state index contributed by atoms with van der Waals surface area (Å²) in [5.41, 5.74) is 2.34. The lowest BCUT2D eigenvalue weighted by Gasteiger charge is -2.33. The summed E-state index contributed by atoms with van der Waals surface area (Å²) in [4.78, 5) is 0. The standard InChI is InChI=1S/C22H36O2/c1-5-6-7-8-13-22(3,4)17-10-12-19(21(24)14-17)20-15-18(23)11-9-16(20)2/h10,12,14,16,18,20,23-24H,5-9,11,13,15H2,1-4H3/t16-,18+,20+/m0/s1. The number of hydrogen-bond acceptors (Lipinski definition) is 2. The van der Waals surface area contributed by atoms with E-state index in [0.29, 0.717) is 11.7 Å². The van der Waals surface area contributed by atoms with Gasteiger partial charge in [0.15, 0.2) is 0 Å². The highest BCUT2D eigenvalue weighted by molar-refractivity contribution is 5.41. The molecule has 0 radical (unpaired) electrons. The fraction of sp³-hybridized carbons (Fsp3) is 0.727. The lowest BCUT2D eigenvalue weighted by atomic mass is 9.73. The molecule has 1 aromatic carbocycles. The van der Waals surface area contributed by atoms with Crippen LogP contribution in [0.4, 0.5) is 0 Å². The minimum absolute atomic E-state index is 0.0987. The first-order valence-electron chi connectivity index (χ1n) is 9.86. The highest BCUT2D eigenvalue weighted by Crippen LogP contribution is 2.42. The Morgan fingerprint density at radius 1 is 1.12 bits per heavy atom. The van der Waals surface area contributed by atoms with Gasteiger partial charge in [0.25, 0.3) is 0 Å². The van der Waals surface area contributed by atoms with Gasteiger partial charge in [0, 0.05) is 0 Å². The molecular weight excluding hydrogens is 296 g/mol. The van der Waals surface area contributed by atoms with Crippen LogP contribution < -0.4 is 0 Å². The average molecular weight is 333 g/mol. The van der Waals surface area contributed by atoms with Crippen LogP contribution in [0.2, 0.25) is 0 Å². The Balaban J connectivity index is 2.10. The van der Waals surface area contributed by atoms with Crippen molar-refractivity contribution in [1.29, 1.82) is 0 Å². The van der Waals surface area contributed by atoms with Crippen molar-refractivity contribution in [3.63, 3.8) is 0 Å². The van der Waals surface area contributed by atoms with Crippen molar-refractivity contribution >= 4 is 0 Å². The van der Waals surface area contributed by atoms with Crippen molar-refractivity contribution in [1.82, 2.24) is 0 Å². The maximum atomic E-state index is 10.6. The Hall–Kier alpha value is -1.02. The molecule has 0 saturated heterocycles. The third kappa shape index (κ3) is 4.75. The molecule has 1 aromatic rings. The van der Waals surface area contributed by atoms with Crippen LogP contribution in [0.15, 0.2) is 18.2 Å². The van der Waals surface area contributed by atoms with E-state index in [1.54, 1.807) is 0 Å². The summed E-state index contributed by atoms with van der Waals surface area (Å²) >= 11 is 0. The zero-order valence-electron chi connectivity index (χ0n) is 16.0. The second-order valence-electron chi connectivity index (χ2n) is 8.52. The van der Waals surface area contributed by atoms with E-state index in [9.17, 15) is 10.2 Å². The van der Waals surface area contributed by atoms with Gasteiger partial charge in [-0.2, -0.15) is 0 Å². The molecule has 0 amide bonds. The number of phenolic OH excluding ortho intramolecular Hbond substituents is 1. The Kier molecular flexibility index (Phi) is 6.74. The van der Waals surface area contributed by atoms with Gasteiger partial charge in [-0.1, -0.05) is 65.5 Å². The first-order valence-corrected chi connectivity index (χ1v) is 9.86. The van der Waals surface area contributed by atoms with E-state index >= 15 is 0 Å². The SMILES string of the molecule is CCCCCCC(C)(C)c1ccc([C@@H]2C[C@H](O)CC[C@@H]2C)c(O)c1. The number of aliphatic hydroxyl groups is 1. The molecule has 3 atom stereocenters. The fourth-order valence-corrected chi connectivity index (χ4v) is 4.15. The summed E-state index contributed by atoms with van der Waals surface area (Å²) in [5.74, 6) is 1.21. The van der Waals surface area contributed by atoms with Gasteiger partial charge in [0.1, 0.15) is 5.75 Å². The molecule has 1 fully saturated rings. The molecule has 2 rings (SSSR count). The monoisotopic (exact) mass is 332 g/mol. The van der Waals surface area contributed by atoms with Crippen molar-refractivity contribution in [3.05, 3.63) is 29.3 Å². The minimum Gasteiger partial charge on any atom is -0.508 e. The lowest BCUT2D eigenvalue weighted by molar-refractivity contribution is 0.0975. The third-order valence-corrected chi connectivity index (χ3v) is 6.03. The zero-order valence-corrected chi connectivity index (χ0v) is 16.0. The van der Waals surface area contributed by atoms with Gasteiger partial charge in [-0.15, -0.1) is 0 Å². The van der Waals surface area contributed by atoms with Gasteiger partial charge in [0.05, 0.1) is 6.10 Å². The largest absolute Gasteiger partial charge is 0.508 e. The smallest absolute Gasteiger partial charge is 0.119 e. The van der Waals surface area contributed by atoms with Crippen LogP contribution in [0.25, 0.3) is 0 Å². The molecule has 1 saturated carbocycles. The van der Waals surface area contributed by atoms with E-state index < -0.39 is 0 Å². The number of phenols is 1. The van der Waals surface area contributed by atoms with E-state index in [0.717, 1.165) is 31.2 Å². The number of rotatable bonds is 7. The molecule has 0 aromatic heterocycles. The average Bonchev–Trinajstić information content (AvgIpc) is 2.54. The molecule has 0 aliphatic heterocycles. The van der Waals surface area contributed by atoms with E-state index in [1.807, 2.05) is 6.07 Å². The zero-order chi connectivity index (χ0) is 17.7. The van der Waals surface area contributed by atoms with Gasteiger partial charge < -0.3 is 10.2 Å². The van der Waals surface area contributed by atoms with Crippen molar-refractivity contribution in [2.75, 3.05) is 0 Å². The van der Waals surface area contributed by atoms with Crippen LogP contribution in [-0.4, -0.2) is 16.3 Å².